The van der Waals surface area contributed by atoms with E-state index in [2.05, 4.69) is 15.6 Å². The maximum Gasteiger partial charge on any atom is 0.230 e. The summed E-state index contributed by atoms with van der Waals surface area (Å²) in [5.74, 6) is 1.06. The zero-order valence-corrected chi connectivity index (χ0v) is 16.2. The first-order valence-corrected chi connectivity index (χ1v) is 9.74. The van der Waals surface area contributed by atoms with Crippen LogP contribution in [0.2, 0.25) is 0 Å². The molecule has 1 heterocycles. The summed E-state index contributed by atoms with van der Waals surface area (Å²) in [7, 11) is 3.10. The molecule has 2 N–H and O–H groups in total. The number of benzene rings is 1. The molecular formula is C19H23N3O4S. The molecule has 2 aromatic rings. The number of carbonyl (C=O) groups is 2. The van der Waals surface area contributed by atoms with Crippen molar-refractivity contribution in [2.75, 3.05) is 24.9 Å². The van der Waals surface area contributed by atoms with Crippen molar-refractivity contribution in [3.05, 3.63) is 29.3 Å². The van der Waals surface area contributed by atoms with Crippen molar-refractivity contribution in [1.82, 2.24) is 4.98 Å². The first-order chi connectivity index (χ1) is 13.1. The summed E-state index contributed by atoms with van der Waals surface area (Å²) in [6.07, 6.45) is 4.20. The number of aromatic nitrogens is 1. The summed E-state index contributed by atoms with van der Waals surface area (Å²) >= 11 is 1.33. The standard InChI is InChI=1S/C19H23N3O4S/c1-25-14-7-8-16(26-2)15(10-14)21-17(23)9-13-11-27-19(20-13)22-18(24)12-5-3-4-6-12/h7-8,10-12H,3-6,9H2,1-2H3,(H,21,23)(H,20,22,24). The van der Waals surface area contributed by atoms with Gasteiger partial charge in [-0.15, -0.1) is 11.3 Å². The van der Waals surface area contributed by atoms with Crippen LogP contribution in [0.3, 0.4) is 0 Å². The second-order valence-electron chi connectivity index (χ2n) is 6.41. The molecule has 0 bridgehead atoms. The van der Waals surface area contributed by atoms with Crippen LogP contribution in [0.25, 0.3) is 0 Å². The Morgan fingerprint density at radius 1 is 1.19 bits per heavy atom. The zero-order chi connectivity index (χ0) is 19.2. The molecule has 0 radical (unpaired) electrons. The summed E-state index contributed by atoms with van der Waals surface area (Å²) < 4.78 is 10.4. The average Bonchev–Trinajstić information content (AvgIpc) is 3.33. The van der Waals surface area contributed by atoms with Crippen LogP contribution in [-0.4, -0.2) is 31.0 Å². The number of rotatable bonds is 7. The summed E-state index contributed by atoms with van der Waals surface area (Å²) in [4.78, 5) is 28.9. The molecule has 1 aliphatic carbocycles. The molecule has 3 rings (SSSR count). The number of thiazole rings is 1. The van der Waals surface area contributed by atoms with Crippen molar-refractivity contribution in [1.29, 1.82) is 0 Å². The fourth-order valence-corrected chi connectivity index (χ4v) is 3.82. The predicted octanol–water partition coefficient (Wildman–Crippen LogP) is 3.47. The summed E-state index contributed by atoms with van der Waals surface area (Å²) in [5.41, 5.74) is 1.15. The minimum Gasteiger partial charge on any atom is -0.497 e. The van der Waals surface area contributed by atoms with Crippen molar-refractivity contribution >= 4 is 34.0 Å². The third-order valence-electron chi connectivity index (χ3n) is 4.53. The highest BCUT2D eigenvalue weighted by Crippen LogP contribution is 2.29. The van der Waals surface area contributed by atoms with Gasteiger partial charge in [-0.3, -0.25) is 9.59 Å². The zero-order valence-electron chi connectivity index (χ0n) is 15.4. The Balaban J connectivity index is 1.58. The highest BCUT2D eigenvalue weighted by Gasteiger charge is 2.23. The molecule has 0 atom stereocenters. The molecule has 7 nitrogen and oxygen atoms in total. The number of amides is 2. The van der Waals surface area contributed by atoms with Gasteiger partial charge in [0.2, 0.25) is 11.8 Å². The van der Waals surface area contributed by atoms with Crippen LogP contribution in [0.15, 0.2) is 23.6 Å². The quantitative estimate of drug-likeness (QED) is 0.757. The summed E-state index contributed by atoms with van der Waals surface area (Å²) in [6, 6.07) is 5.19. The monoisotopic (exact) mass is 389 g/mol. The van der Waals surface area contributed by atoms with Crippen LogP contribution in [0, 0.1) is 5.92 Å². The predicted molar refractivity (Wildman–Crippen MR) is 105 cm³/mol. The van der Waals surface area contributed by atoms with Crippen molar-refractivity contribution in [3.8, 4) is 11.5 Å². The van der Waals surface area contributed by atoms with Gasteiger partial charge in [0.1, 0.15) is 11.5 Å². The van der Waals surface area contributed by atoms with Crippen LogP contribution in [0.5, 0.6) is 11.5 Å². The SMILES string of the molecule is COc1ccc(OC)c(NC(=O)Cc2csc(NC(=O)C3CCCC3)n2)c1. The minimum atomic E-state index is -0.222. The van der Waals surface area contributed by atoms with E-state index < -0.39 is 0 Å². The molecule has 0 aliphatic heterocycles. The van der Waals surface area contributed by atoms with E-state index in [1.165, 1.54) is 18.4 Å². The van der Waals surface area contributed by atoms with E-state index in [9.17, 15) is 9.59 Å². The van der Waals surface area contributed by atoms with Gasteiger partial charge in [-0.05, 0) is 25.0 Å². The molecule has 1 fully saturated rings. The molecule has 1 aromatic carbocycles. The number of methoxy groups -OCH3 is 2. The first kappa shape index (κ1) is 19.2. The lowest BCUT2D eigenvalue weighted by atomic mass is 10.1. The maximum absolute atomic E-state index is 12.4. The number of nitrogens with one attached hydrogen (secondary N) is 2. The van der Waals surface area contributed by atoms with Crippen LogP contribution in [0.4, 0.5) is 10.8 Å². The van der Waals surface area contributed by atoms with E-state index in [1.807, 2.05) is 0 Å². The highest BCUT2D eigenvalue weighted by atomic mass is 32.1. The number of carbonyl (C=O) groups excluding carboxylic acids is 2. The van der Waals surface area contributed by atoms with E-state index in [0.717, 1.165) is 25.7 Å². The molecule has 8 heteroatoms. The maximum atomic E-state index is 12.4. The van der Waals surface area contributed by atoms with E-state index in [0.29, 0.717) is 28.0 Å². The number of hydrogen-bond acceptors (Lipinski definition) is 6. The molecule has 27 heavy (non-hydrogen) atoms. The van der Waals surface area contributed by atoms with E-state index in [-0.39, 0.29) is 24.2 Å². The third kappa shape index (κ3) is 4.97. The van der Waals surface area contributed by atoms with Crippen molar-refractivity contribution < 1.29 is 19.1 Å². The lowest BCUT2D eigenvalue weighted by Crippen LogP contribution is -2.20. The van der Waals surface area contributed by atoms with Crippen molar-refractivity contribution in [2.24, 2.45) is 5.92 Å². The van der Waals surface area contributed by atoms with Crippen molar-refractivity contribution in [3.63, 3.8) is 0 Å². The van der Waals surface area contributed by atoms with Crippen LogP contribution < -0.4 is 20.1 Å². The Bertz CT molecular complexity index is 815. The van der Waals surface area contributed by atoms with Gasteiger partial charge in [0.15, 0.2) is 5.13 Å². The Hall–Kier alpha value is -2.61. The average molecular weight is 389 g/mol. The second-order valence-corrected chi connectivity index (χ2v) is 7.26. The van der Waals surface area contributed by atoms with E-state index >= 15 is 0 Å². The Morgan fingerprint density at radius 3 is 2.67 bits per heavy atom. The summed E-state index contributed by atoms with van der Waals surface area (Å²) in [6.45, 7) is 0. The highest BCUT2D eigenvalue weighted by molar-refractivity contribution is 7.13. The third-order valence-corrected chi connectivity index (χ3v) is 5.34. The Labute approximate surface area is 162 Å². The Morgan fingerprint density at radius 2 is 1.96 bits per heavy atom. The van der Waals surface area contributed by atoms with Gasteiger partial charge in [-0.2, -0.15) is 0 Å². The number of hydrogen-bond donors (Lipinski definition) is 2. The molecule has 2 amide bonds. The lowest BCUT2D eigenvalue weighted by molar-refractivity contribution is -0.119. The van der Waals surface area contributed by atoms with Gasteiger partial charge in [0.25, 0.3) is 0 Å². The van der Waals surface area contributed by atoms with Crippen molar-refractivity contribution in [2.45, 2.75) is 32.1 Å². The normalized spacial score (nSPS) is 14.0. The van der Waals surface area contributed by atoms with Crippen LogP contribution in [-0.2, 0) is 16.0 Å². The molecule has 1 aliphatic rings. The Kier molecular flexibility index (Phi) is 6.28. The van der Waals surface area contributed by atoms with Gasteiger partial charge in [0, 0.05) is 17.4 Å². The minimum absolute atomic E-state index is 0.0268. The molecule has 0 saturated heterocycles. The first-order valence-electron chi connectivity index (χ1n) is 8.86. The van der Waals surface area contributed by atoms with Gasteiger partial charge >= 0.3 is 0 Å². The topological polar surface area (TPSA) is 89.5 Å². The second kappa shape index (κ2) is 8.85. The van der Waals surface area contributed by atoms with E-state index in [4.69, 9.17) is 9.47 Å². The van der Waals surface area contributed by atoms with Crippen LogP contribution >= 0.6 is 11.3 Å². The van der Waals surface area contributed by atoms with Gasteiger partial charge in [-0.1, -0.05) is 12.8 Å². The van der Waals surface area contributed by atoms with Gasteiger partial charge in [0.05, 0.1) is 32.0 Å². The van der Waals surface area contributed by atoms with Gasteiger partial charge in [-0.25, -0.2) is 4.98 Å². The van der Waals surface area contributed by atoms with Crippen LogP contribution in [0.1, 0.15) is 31.4 Å². The fraction of sp³-hybridized carbons (Fsp3) is 0.421. The molecule has 1 saturated carbocycles. The molecule has 144 valence electrons. The van der Waals surface area contributed by atoms with Gasteiger partial charge < -0.3 is 20.1 Å². The molecular weight excluding hydrogens is 366 g/mol. The molecule has 0 spiro atoms. The number of nitrogens with zero attached hydrogens (tertiary/aromatic N) is 1. The lowest BCUT2D eigenvalue weighted by Gasteiger charge is -2.11. The smallest absolute Gasteiger partial charge is 0.230 e. The molecule has 0 unspecified atom stereocenters. The van der Waals surface area contributed by atoms with E-state index in [1.54, 1.807) is 30.7 Å². The largest absolute Gasteiger partial charge is 0.497 e. The summed E-state index contributed by atoms with van der Waals surface area (Å²) in [5, 5.41) is 7.99. The number of ether oxygens (including phenoxy) is 2. The molecule has 1 aromatic heterocycles. The fourth-order valence-electron chi connectivity index (χ4n) is 3.11. The number of anilines is 2.